The van der Waals surface area contributed by atoms with Gasteiger partial charge in [0.15, 0.2) is 0 Å². The first-order valence-electron chi connectivity index (χ1n) is 5.41. The second kappa shape index (κ2) is 7.53. The molecule has 0 spiro atoms. The number of ether oxygens (including phenoxy) is 1. The van der Waals surface area contributed by atoms with Gasteiger partial charge in [-0.2, -0.15) is 0 Å². The van der Waals surface area contributed by atoms with E-state index in [-0.39, 0.29) is 12.1 Å². The van der Waals surface area contributed by atoms with E-state index in [1.54, 1.807) is 24.3 Å². The highest BCUT2D eigenvalue weighted by atomic mass is 16.5. The first kappa shape index (κ1) is 14.2. The minimum absolute atomic E-state index is 0.114. The lowest BCUT2D eigenvalue weighted by Crippen LogP contribution is -2.11. The highest BCUT2D eigenvalue weighted by Crippen LogP contribution is 2.06. The van der Waals surface area contributed by atoms with Crippen LogP contribution in [0.4, 0.5) is 0 Å². The molecule has 0 aliphatic rings. The molecule has 0 aliphatic heterocycles. The molecule has 0 radical (unpaired) electrons. The van der Waals surface area contributed by atoms with Crippen molar-refractivity contribution in [2.24, 2.45) is 0 Å². The third-order valence-electron chi connectivity index (χ3n) is 1.61. The topological polar surface area (TPSA) is 26.3 Å². The third-order valence-corrected chi connectivity index (χ3v) is 1.61. The number of hydrogen-bond acceptors (Lipinski definition) is 2. The number of hydrogen-bond donors (Lipinski definition) is 0. The molecule has 0 bridgehead atoms. The predicted molar refractivity (Wildman–Crippen MR) is 66.3 cm³/mol. The number of carbonyl (C=O) groups is 1. The molecule has 0 aromatic heterocycles. The molecule has 0 fully saturated rings. The van der Waals surface area contributed by atoms with Crippen LogP contribution in [0.2, 0.25) is 0 Å². The summed E-state index contributed by atoms with van der Waals surface area (Å²) in [6.07, 6.45) is 5.10. The summed E-state index contributed by atoms with van der Waals surface area (Å²) in [7, 11) is 0. The molecule has 0 atom stereocenters. The lowest BCUT2D eigenvalue weighted by atomic mass is 10.1. The molecule has 2 nitrogen and oxygen atoms in total. The van der Waals surface area contributed by atoms with E-state index in [0.717, 1.165) is 0 Å². The summed E-state index contributed by atoms with van der Waals surface area (Å²) in [6, 6.07) is 6.84. The smallest absolute Gasteiger partial charge is 0.338 e. The van der Waals surface area contributed by atoms with Crippen molar-refractivity contribution in [2.45, 2.75) is 33.8 Å². The number of esters is 1. The molecule has 0 saturated heterocycles. The third kappa shape index (κ3) is 4.65. The molecule has 16 heavy (non-hydrogen) atoms. The summed E-state index contributed by atoms with van der Waals surface area (Å²) >= 11 is 0. The van der Waals surface area contributed by atoms with Crippen LogP contribution in [-0.4, -0.2) is 12.1 Å². The van der Waals surface area contributed by atoms with Gasteiger partial charge in [0.25, 0.3) is 0 Å². The lowest BCUT2D eigenvalue weighted by Gasteiger charge is -2.07. The molecule has 0 heterocycles. The van der Waals surface area contributed by atoms with Crippen molar-refractivity contribution in [1.29, 1.82) is 0 Å². The van der Waals surface area contributed by atoms with Crippen molar-refractivity contribution < 1.29 is 9.53 Å². The minimum atomic E-state index is -0.336. The largest absolute Gasteiger partial charge is 0.459 e. The van der Waals surface area contributed by atoms with Crippen molar-refractivity contribution in [3.8, 4) is 12.3 Å². The maximum atomic E-state index is 11.4. The van der Waals surface area contributed by atoms with E-state index in [0.29, 0.717) is 11.1 Å². The van der Waals surface area contributed by atoms with E-state index < -0.39 is 0 Å². The highest BCUT2D eigenvalue weighted by molar-refractivity contribution is 5.89. The molecule has 0 unspecified atom stereocenters. The van der Waals surface area contributed by atoms with E-state index in [4.69, 9.17) is 11.2 Å². The van der Waals surface area contributed by atoms with Gasteiger partial charge in [0.2, 0.25) is 0 Å². The standard InChI is InChI=1S/C12H12O2.C2H6/c1-4-10-6-5-7-11(8-10)12(13)14-9(2)3;1-2/h1,5-9H,2-3H3;1-2H3. The van der Waals surface area contributed by atoms with E-state index in [2.05, 4.69) is 5.92 Å². The molecular weight excluding hydrogens is 200 g/mol. The van der Waals surface area contributed by atoms with Crippen molar-refractivity contribution in [1.82, 2.24) is 0 Å². The summed E-state index contributed by atoms with van der Waals surface area (Å²) in [6.45, 7) is 7.62. The van der Waals surface area contributed by atoms with E-state index >= 15 is 0 Å². The molecular formula is C14H18O2. The van der Waals surface area contributed by atoms with Crippen LogP contribution in [0.25, 0.3) is 0 Å². The van der Waals surface area contributed by atoms with Gasteiger partial charge in [-0.1, -0.05) is 25.8 Å². The normalized spacial score (nSPS) is 8.75. The second-order valence-corrected chi connectivity index (χ2v) is 3.18. The Balaban J connectivity index is 0.00000106. The Hall–Kier alpha value is -1.75. The molecule has 0 amide bonds. The number of terminal acetylenes is 1. The Morgan fingerprint density at radius 2 is 2.00 bits per heavy atom. The highest BCUT2D eigenvalue weighted by Gasteiger charge is 2.08. The Morgan fingerprint density at radius 1 is 1.38 bits per heavy atom. The van der Waals surface area contributed by atoms with Crippen molar-refractivity contribution in [3.05, 3.63) is 35.4 Å². The monoisotopic (exact) mass is 218 g/mol. The van der Waals surface area contributed by atoms with Crippen molar-refractivity contribution >= 4 is 5.97 Å². The SMILES string of the molecule is C#Cc1cccc(C(=O)OC(C)C)c1.CC. The van der Waals surface area contributed by atoms with E-state index in [1.165, 1.54) is 0 Å². The average molecular weight is 218 g/mol. The van der Waals surface area contributed by atoms with Gasteiger partial charge in [-0.15, -0.1) is 6.42 Å². The van der Waals surface area contributed by atoms with Crippen LogP contribution in [0.15, 0.2) is 24.3 Å². The Labute approximate surface area is 97.6 Å². The van der Waals surface area contributed by atoms with Crippen LogP contribution in [-0.2, 0) is 4.74 Å². The maximum absolute atomic E-state index is 11.4. The van der Waals surface area contributed by atoms with Gasteiger partial charge in [-0.05, 0) is 32.0 Å². The van der Waals surface area contributed by atoms with E-state index in [1.807, 2.05) is 27.7 Å². The second-order valence-electron chi connectivity index (χ2n) is 3.18. The zero-order chi connectivity index (χ0) is 12.6. The lowest BCUT2D eigenvalue weighted by molar-refractivity contribution is 0.0378. The maximum Gasteiger partial charge on any atom is 0.338 e. The summed E-state index contributed by atoms with van der Waals surface area (Å²) in [5.74, 6) is 2.13. The zero-order valence-electron chi connectivity index (χ0n) is 10.3. The van der Waals surface area contributed by atoms with Crippen LogP contribution in [0.5, 0.6) is 0 Å². The first-order chi connectivity index (χ1) is 7.63. The summed E-state index contributed by atoms with van der Waals surface area (Å²) in [5.41, 5.74) is 1.18. The van der Waals surface area contributed by atoms with Gasteiger partial charge >= 0.3 is 5.97 Å². The number of benzene rings is 1. The Morgan fingerprint density at radius 3 is 2.50 bits per heavy atom. The number of rotatable bonds is 2. The predicted octanol–water partition coefficient (Wildman–Crippen LogP) is 3.26. The van der Waals surface area contributed by atoms with Crippen LogP contribution < -0.4 is 0 Å². The quantitative estimate of drug-likeness (QED) is 0.562. The fourth-order valence-electron chi connectivity index (χ4n) is 1.02. The summed E-state index contributed by atoms with van der Waals surface area (Å²) in [5, 5.41) is 0. The minimum Gasteiger partial charge on any atom is -0.459 e. The van der Waals surface area contributed by atoms with Gasteiger partial charge in [0.1, 0.15) is 0 Å². The fraction of sp³-hybridized carbons (Fsp3) is 0.357. The van der Waals surface area contributed by atoms with Gasteiger partial charge in [-0.25, -0.2) is 4.79 Å². The van der Waals surface area contributed by atoms with Crippen molar-refractivity contribution in [3.63, 3.8) is 0 Å². The Bertz CT molecular complexity index is 373. The zero-order valence-corrected chi connectivity index (χ0v) is 10.3. The Kier molecular flexibility index (Phi) is 6.71. The molecule has 0 aliphatic carbocycles. The molecule has 1 rings (SSSR count). The van der Waals surface area contributed by atoms with Gasteiger partial charge < -0.3 is 4.74 Å². The molecule has 2 heteroatoms. The van der Waals surface area contributed by atoms with Crippen LogP contribution in [0.1, 0.15) is 43.6 Å². The summed E-state index contributed by atoms with van der Waals surface area (Å²) in [4.78, 5) is 11.4. The fourth-order valence-corrected chi connectivity index (χ4v) is 1.02. The molecule has 86 valence electrons. The molecule has 0 saturated carbocycles. The van der Waals surface area contributed by atoms with Crippen molar-refractivity contribution in [2.75, 3.05) is 0 Å². The van der Waals surface area contributed by atoms with Crippen LogP contribution >= 0.6 is 0 Å². The molecule has 0 N–H and O–H groups in total. The van der Waals surface area contributed by atoms with Crippen LogP contribution in [0.3, 0.4) is 0 Å². The number of carbonyl (C=O) groups excluding carboxylic acids is 1. The van der Waals surface area contributed by atoms with Crippen LogP contribution in [0, 0.1) is 12.3 Å². The van der Waals surface area contributed by atoms with E-state index in [9.17, 15) is 4.79 Å². The molecule has 1 aromatic rings. The van der Waals surface area contributed by atoms with Gasteiger partial charge in [0, 0.05) is 5.56 Å². The molecule has 1 aromatic carbocycles. The summed E-state index contributed by atoms with van der Waals surface area (Å²) < 4.78 is 5.03. The average Bonchev–Trinajstić information content (AvgIpc) is 2.31. The van der Waals surface area contributed by atoms with Gasteiger partial charge in [0.05, 0.1) is 11.7 Å². The van der Waals surface area contributed by atoms with Gasteiger partial charge in [-0.3, -0.25) is 0 Å². The first-order valence-corrected chi connectivity index (χ1v) is 5.41.